The van der Waals surface area contributed by atoms with Crippen molar-refractivity contribution in [2.24, 2.45) is 0 Å². The number of nitrogens with zero attached hydrogens (tertiary/aromatic N) is 1. The molecular formula is C21H26N2O5S2. The quantitative estimate of drug-likeness (QED) is 0.698. The Morgan fingerprint density at radius 3 is 2.30 bits per heavy atom. The third-order valence-corrected chi connectivity index (χ3v) is 7.67. The predicted molar refractivity (Wildman–Crippen MR) is 115 cm³/mol. The smallest absolute Gasteiger partial charge is 0.251 e. The Bertz CT molecular complexity index is 1120. The van der Waals surface area contributed by atoms with E-state index in [1.165, 1.54) is 4.31 Å². The zero-order valence-corrected chi connectivity index (χ0v) is 18.5. The van der Waals surface area contributed by atoms with E-state index in [4.69, 9.17) is 0 Å². The van der Waals surface area contributed by atoms with Crippen LogP contribution in [0.25, 0.3) is 0 Å². The lowest BCUT2D eigenvalue weighted by Gasteiger charge is -2.26. The normalized spacial score (nSPS) is 15.6. The van der Waals surface area contributed by atoms with Crippen molar-refractivity contribution in [3.05, 3.63) is 65.2 Å². The van der Waals surface area contributed by atoms with Crippen LogP contribution in [0.4, 0.5) is 0 Å². The standard InChI is InChI=1S/C21H26N2O5S2/c1-29(25,26)16-18-8-5-9-19(13-18)21(24)22-15-17-7-6-10-20(14-17)30(27,28)23-11-3-2-4-12-23/h5-10,13-14H,2-4,11-12,15-16H2,1H3,(H,22,24). The SMILES string of the molecule is CS(=O)(=O)Cc1cccc(C(=O)NCc2cccc(S(=O)(=O)N3CCCCC3)c2)c1. The van der Waals surface area contributed by atoms with E-state index in [9.17, 15) is 21.6 Å². The minimum absolute atomic E-state index is 0.134. The van der Waals surface area contributed by atoms with Gasteiger partial charge in [0.15, 0.2) is 9.84 Å². The minimum atomic E-state index is -3.53. The summed E-state index contributed by atoms with van der Waals surface area (Å²) >= 11 is 0. The summed E-state index contributed by atoms with van der Waals surface area (Å²) < 4.78 is 50.1. The van der Waals surface area contributed by atoms with Crippen LogP contribution in [0.5, 0.6) is 0 Å². The Kier molecular flexibility index (Phi) is 6.95. The van der Waals surface area contributed by atoms with Gasteiger partial charge in [0.05, 0.1) is 10.6 Å². The third kappa shape index (κ3) is 5.90. The molecule has 0 unspecified atom stereocenters. The molecule has 30 heavy (non-hydrogen) atoms. The lowest BCUT2D eigenvalue weighted by molar-refractivity contribution is 0.0950. The topological polar surface area (TPSA) is 101 Å². The van der Waals surface area contributed by atoms with Crippen LogP contribution in [0.15, 0.2) is 53.4 Å². The molecule has 1 aliphatic rings. The molecule has 0 atom stereocenters. The number of sulfonamides is 1. The van der Waals surface area contributed by atoms with E-state index in [1.807, 2.05) is 0 Å². The fourth-order valence-corrected chi connectivity index (χ4v) is 5.83. The van der Waals surface area contributed by atoms with Crippen LogP contribution in [0.1, 0.15) is 40.7 Å². The van der Waals surface area contributed by atoms with E-state index in [2.05, 4.69) is 5.32 Å². The average molecular weight is 451 g/mol. The number of hydrogen-bond donors (Lipinski definition) is 1. The molecule has 0 aromatic heterocycles. The highest BCUT2D eigenvalue weighted by molar-refractivity contribution is 7.90. The molecule has 162 valence electrons. The molecule has 1 aliphatic heterocycles. The molecular weight excluding hydrogens is 424 g/mol. The summed E-state index contributed by atoms with van der Waals surface area (Å²) in [7, 11) is -6.73. The molecule has 2 aromatic rings. The average Bonchev–Trinajstić information content (AvgIpc) is 2.72. The van der Waals surface area contributed by atoms with Gasteiger partial charge in [-0.3, -0.25) is 4.79 Å². The first kappa shape index (κ1) is 22.5. The molecule has 9 heteroatoms. The molecule has 1 saturated heterocycles. The summed E-state index contributed by atoms with van der Waals surface area (Å²) in [5, 5.41) is 2.77. The van der Waals surface area contributed by atoms with Crippen LogP contribution in [0.3, 0.4) is 0 Å². The van der Waals surface area contributed by atoms with Gasteiger partial charge in [-0.05, 0) is 48.2 Å². The molecule has 0 spiro atoms. The number of benzene rings is 2. The lowest BCUT2D eigenvalue weighted by atomic mass is 10.1. The fourth-order valence-electron chi connectivity index (χ4n) is 3.46. The largest absolute Gasteiger partial charge is 0.348 e. The van der Waals surface area contributed by atoms with E-state index >= 15 is 0 Å². The Labute approximate surface area is 178 Å². The Balaban J connectivity index is 1.68. The Morgan fingerprint density at radius 2 is 1.60 bits per heavy atom. The molecule has 0 saturated carbocycles. The lowest BCUT2D eigenvalue weighted by Crippen LogP contribution is -2.35. The van der Waals surface area contributed by atoms with Gasteiger partial charge in [0, 0.05) is 31.5 Å². The summed E-state index contributed by atoms with van der Waals surface area (Å²) in [4.78, 5) is 12.7. The zero-order chi connectivity index (χ0) is 21.8. The van der Waals surface area contributed by atoms with Crippen molar-refractivity contribution in [3.8, 4) is 0 Å². The maximum atomic E-state index is 12.8. The summed E-state index contributed by atoms with van der Waals surface area (Å²) in [6, 6.07) is 13.1. The number of nitrogens with one attached hydrogen (secondary N) is 1. The van der Waals surface area contributed by atoms with Crippen LogP contribution in [-0.2, 0) is 32.2 Å². The van der Waals surface area contributed by atoms with Gasteiger partial charge in [0.2, 0.25) is 10.0 Å². The molecule has 0 bridgehead atoms. The van der Waals surface area contributed by atoms with Gasteiger partial charge in [0.25, 0.3) is 5.91 Å². The van der Waals surface area contributed by atoms with Crippen molar-refractivity contribution in [1.82, 2.24) is 9.62 Å². The van der Waals surface area contributed by atoms with Gasteiger partial charge < -0.3 is 5.32 Å². The molecule has 1 heterocycles. The summed E-state index contributed by atoms with van der Waals surface area (Å²) in [5.74, 6) is -0.487. The number of sulfone groups is 1. The van der Waals surface area contributed by atoms with E-state index in [1.54, 1.807) is 48.5 Å². The van der Waals surface area contributed by atoms with Crippen LogP contribution in [0, 0.1) is 0 Å². The first-order valence-corrected chi connectivity index (χ1v) is 13.3. The number of carbonyl (C=O) groups excluding carboxylic acids is 1. The van der Waals surface area contributed by atoms with Crippen LogP contribution in [0.2, 0.25) is 0 Å². The maximum absolute atomic E-state index is 12.8. The van der Waals surface area contributed by atoms with E-state index < -0.39 is 19.9 Å². The second-order valence-corrected chi connectivity index (χ2v) is 11.6. The highest BCUT2D eigenvalue weighted by atomic mass is 32.2. The van der Waals surface area contributed by atoms with Gasteiger partial charge in [-0.15, -0.1) is 0 Å². The molecule has 0 aliphatic carbocycles. The molecule has 1 fully saturated rings. The Morgan fingerprint density at radius 1 is 0.933 bits per heavy atom. The number of piperidine rings is 1. The van der Waals surface area contributed by atoms with Crippen LogP contribution >= 0.6 is 0 Å². The van der Waals surface area contributed by atoms with Gasteiger partial charge in [-0.2, -0.15) is 4.31 Å². The van der Waals surface area contributed by atoms with Crippen LogP contribution < -0.4 is 5.32 Å². The summed E-state index contributed by atoms with van der Waals surface area (Å²) in [5.41, 5.74) is 1.57. The van der Waals surface area contributed by atoms with Crippen molar-refractivity contribution < 1.29 is 21.6 Å². The molecule has 3 rings (SSSR count). The number of rotatable bonds is 7. The summed E-state index contributed by atoms with van der Waals surface area (Å²) in [6.07, 6.45) is 3.93. The number of hydrogen-bond acceptors (Lipinski definition) is 5. The molecule has 7 nitrogen and oxygen atoms in total. The van der Waals surface area contributed by atoms with Crippen molar-refractivity contribution in [2.45, 2.75) is 36.5 Å². The highest BCUT2D eigenvalue weighted by Crippen LogP contribution is 2.21. The van der Waals surface area contributed by atoms with Crippen molar-refractivity contribution in [1.29, 1.82) is 0 Å². The fraction of sp³-hybridized carbons (Fsp3) is 0.381. The van der Waals surface area contributed by atoms with Crippen molar-refractivity contribution in [3.63, 3.8) is 0 Å². The highest BCUT2D eigenvalue weighted by Gasteiger charge is 2.25. The number of carbonyl (C=O) groups is 1. The predicted octanol–water partition coefficient (Wildman–Crippen LogP) is 2.34. The molecule has 0 radical (unpaired) electrons. The van der Waals surface area contributed by atoms with Crippen molar-refractivity contribution in [2.75, 3.05) is 19.3 Å². The van der Waals surface area contributed by atoms with E-state index in [0.29, 0.717) is 29.8 Å². The summed E-state index contributed by atoms with van der Waals surface area (Å²) in [6.45, 7) is 1.23. The molecule has 1 N–H and O–H groups in total. The number of amides is 1. The second kappa shape index (κ2) is 9.28. The monoisotopic (exact) mass is 450 g/mol. The van der Waals surface area contributed by atoms with E-state index in [0.717, 1.165) is 25.5 Å². The van der Waals surface area contributed by atoms with Gasteiger partial charge in [-0.25, -0.2) is 16.8 Å². The molecule has 1 amide bonds. The Hall–Kier alpha value is -2.23. The van der Waals surface area contributed by atoms with E-state index in [-0.39, 0.29) is 23.1 Å². The van der Waals surface area contributed by atoms with Crippen LogP contribution in [-0.4, -0.2) is 46.4 Å². The van der Waals surface area contributed by atoms with Gasteiger partial charge in [-0.1, -0.05) is 30.7 Å². The first-order chi connectivity index (χ1) is 14.1. The molecule has 2 aromatic carbocycles. The maximum Gasteiger partial charge on any atom is 0.251 e. The van der Waals surface area contributed by atoms with Gasteiger partial charge in [0.1, 0.15) is 0 Å². The van der Waals surface area contributed by atoms with Crippen molar-refractivity contribution >= 4 is 25.8 Å². The minimum Gasteiger partial charge on any atom is -0.348 e. The van der Waals surface area contributed by atoms with Gasteiger partial charge >= 0.3 is 0 Å². The third-order valence-electron chi connectivity index (χ3n) is 4.92. The first-order valence-electron chi connectivity index (χ1n) is 9.79. The zero-order valence-electron chi connectivity index (χ0n) is 16.9. The second-order valence-electron chi connectivity index (χ2n) is 7.57.